The van der Waals surface area contributed by atoms with Crippen molar-refractivity contribution in [3.8, 4) is 0 Å². The molecule has 0 radical (unpaired) electrons. The van der Waals surface area contributed by atoms with Crippen molar-refractivity contribution < 1.29 is 9.53 Å². The van der Waals surface area contributed by atoms with Crippen LogP contribution in [0.25, 0.3) is 0 Å². The summed E-state index contributed by atoms with van der Waals surface area (Å²) >= 11 is 0. The van der Waals surface area contributed by atoms with Crippen LogP contribution < -0.4 is 5.32 Å². The standard InChI is InChI=1S/C14H22N4O2/c1-18(8-10-4-2-3-5-20-10)14(19)12-6-11-13(7-15-12)17-9-16-11/h9-10,12,15H,2-8H2,1H3,(H,16,17). The van der Waals surface area contributed by atoms with Crippen LogP contribution in [0.5, 0.6) is 0 Å². The number of carbonyl (C=O) groups excluding carboxylic acids is 1. The highest BCUT2D eigenvalue weighted by Gasteiger charge is 2.29. The molecule has 20 heavy (non-hydrogen) atoms. The van der Waals surface area contributed by atoms with Crippen molar-refractivity contribution in [2.24, 2.45) is 0 Å². The van der Waals surface area contributed by atoms with Gasteiger partial charge in [0.05, 0.1) is 29.9 Å². The lowest BCUT2D eigenvalue weighted by Crippen LogP contribution is -2.50. The number of aromatic nitrogens is 2. The molecule has 3 heterocycles. The number of hydrogen-bond acceptors (Lipinski definition) is 4. The fourth-order valence-corrected chi connectivity index (χ4v) is 2.96. The molecule has 1 aromatic rings. The van der Waals surface area contributed by atoms with Crippen molar-refractivity contribution >= 4 is 5.91 Å². The second-order valence-corrected chi connectivity index (χ2v) is 5.67. The van der Waals surface area contributed by atoms with Gasteiger partial charge in [-0.2, -0.15) is 0 Å². The Morgan fingerprint density at radius 1 is 1.55 bits per heavy atom. The first-order chi connectivity index (χ1) is 9.74. The number of hydrogen-bond donors (Lipinski definition) is 2. The number of rotatable bonds is 3. The van der Waals surface area contributed by atoms with E-state index < -0.39 is 0 Å². The van der Waals surface area contributed by atoms with E-state index in [1.165, 1.54) is 6.42 Å². The van der Waals surface area contributed by atoms with Gasteiger partial charge in [-0.05, 0) is 19.3 Å². The van der Waals surface area contributed by atoms with Crippen LogP contribution in [0.2, 0.25) is 0 Å². The lowest BCUT2D eigenvalue weighted by molar-refractivity contribution is -0.134. The third-order valence-electron chi connectivity index (χ3n) is 4.16. The normalized spacial score (nSPS) is 26.1. The van der Waals surface area contributed by atoms with Crippen LogP contribution in [0, 0.1) is 0 Å². The van der Waals surface area contributed by atoms with Gasteiger partial charge in [-0.1, -0.05) is 0 Å². The molecule has 3 rings (SSSR count). The number of amides is 1. The van der Waals surface area contributed by atoms with Crippen LogP contribution in [-0.4, -0.2) is 53.1 Å². The maximum absolute atomic E-state index is 12.5. The summed E-state index contributed by atoms with van der Waals surface area (Å²) in [4.78, 5) is 21.6. The average molecular weight is 278 g/mol. The maximum atomic E-state index is 12.5. The molecule has 2 aliphatic heterocycles. The second-order valence-electron chi connectivity index (χ2n) is 5.67. The van der Waals surface area contributed by atoms with E-state index in [4.69, 9.17) is 4.74 Å². The zero-order valence-corrected chi connectivity index (χ0v) is 11.9. The summed E-state index contributed by atoms with van der Waals surface area (Å²) < 4.78 is 5.70. The van der Waals surface area contributed by atoms with Gasteiger partial charge in [-0.25, -0.2) is 4.98 Å². The molecular formula is C14H22N4O2. The van der Waals surface area contributed by atoms with E-state index in [2.05, 4.69) is 15.3 Å². The van der Waals surface area contributed by atoms with Gasteiger partial charge in [-0.3, -0.25) is 10.1 Å². The van der Waals surface area contributed by atoms with Crippen molar-refractivity contribution in [1.82, 2.24) is 20.2 Å². The summed E-state index contributed by atoms with van der Waals surface area (Å²) in [6.07, 6.45) is 5.94. The molecule has 1 fully saturated rings. The third-order valence-corrected chi connectivity index (χ3v) is 4.16. The molecule has 2 aliphatic rings. The minimum absolute atomic E-state index is 0.132. The van der Waals surface area contributed by atoms with Gasteiger partial charge < -0.3 is 14.6 Å². The van der Waals surface area contributed by atoms with E-state index >= 15 is 0 Å². The largest absolute Gasteiger partial charge is 0.376 e. The molecule has 1 amide bonds. The zero-order chi connectivity index (χ0) is 13.9. The Morgan fingerprint density at radius 3 is 3.25 bits per heavy atom. The van der Waals surface area contributed by atoms with Crippen LogP contribution in [0.3, 0.4) is 0 Å². The molecule has 1 aromatic heterocycles. The lowest BCUT2D eigenvalue weighted by Gasteiger charge is -2.31. The lowest BCUT2D eigenvalue weighted by atomic mass is 10.0. The highest BCUT2D eigenvalue weighted by Crippen LogP contribution is 2.16. The topological polar surface area (TPSA) is 70.2 Å². The molecule has 2 unspecified atom stereocenters. The molecule has 0 aromatic carbocycles. The number of ether oxygens (including phenoxy) is 1. The summed E-state index contributed by atoms with van der Waals surface area (Å²) in [5, 5.41) is 3.28. The molecule has 0 aliphatic carbocycles. The number of H-pyrrole nitrogens is 1. The first kappa shape index (κ1) is 13.6. The monoisotopic (exact) mass is 278 g/mol. The summed E-state index contributed by atoms with van der Waals surface area (Å²) in [6, 6.07) is -0.167. The van der Waals surface area contributed by atoms with Crippen molar-refractivity contribution in [1.29, 1.82) is 0 Å². The average Bonchev–Trinajstić information content (AvgIpc) is 2.94. The van der Waals surface area contributed by atoms with Crippen LogP contribution in [0.4, 0.5) is 0 Å². The van der Waals surface area contributed by atoms with Crippen LogP contribution in [0.1, 0.15) is 30.7 Å². The molecule has 6 heteroatoms. The number of aromatic amines is 1. The summed E-state index contributed by atoms with van der Waals surface area (Å²) in [6.45, 7) is 2.19. The van der Waals surface area contributed by atoms with Crippen LogP contribution in [0.15, 0.2) is 6.33 Å². The molecule has 6 nitrogen and oxygen atoms in total. The number of fused-ring (bicyclic) bond motifs is 1. The van der Waals surface area contributed by atoms with E-state index in [0.29, 0.717) is 19.5 Å². The van der Waals surface area contributed by atoms with Gasteiger partial charge in [0.15, 0.2) is 0 Å². The van der Waals surface area contributed by atoms with Gasteiger partial charge in [-0.15, -0.1) is 0 Å². The number of nitrogens with one attached hydrogen (secondary N) is 2. The second kappa shape index (κ2) is 5.93. The molecular weight excluding hydrogens is 256 g/mol. The van der Waals surface area contributed by atoms with Crippen LogP contribution in [-0.2, 0) is 22.5 Å². The summed E-state index contributed by atoms with van der Waals surface area (Å²) in [7, 11) is 1.86. The first-order valence-electron chi connectivity index (χ1n) is 7.35. The Hall–Kier alpha value is -1.40. The van der Waals surface area contributed by atoms with Gasteiger partial charge >= 0.3 is 0 Å². The molecule has 2 atom stereocenters. The minimum Gasteiger partial charge on any atom is -0.376 e. The first-order valence-corrected chi connectivity index (χ1v) is 7.35. The number of carbonyl (C=O) groups is 1. The van der Waals surface area contributed by atoms with Crippen molar-refractivity contribution in [3.05, 3.63) is 17.7 Å². The fraction of sp³-hybridized carbons (Fsp3) is 0.714. The van der Waals surface area contributed by atoms with Crippen molar-refractivity contribution in [2.45, 2.75) is 44.4 Å². The van der Waals surface area contributed by atoms with Crippen molar-refractivity contribution in [2.75, 3.05) is 20.2 Å². The van der Waals surface area contributed by atoms with Crippen LogP contribution >= 0.6 is 0 Å². The molecule has 2 N–H and O–H groups in total. The predicted molar refractivity (Wildman–Crippen MR) is 74.1 cm³/mol. The SMILES string of the molecule is CN(CC1CCCCO1)C(=O)C1Cc2nc[nH]c2CN1. The van der Waals surface area contributed by atoms with Gasteiger partial charge in [0, 0.05) is 33.2 Å². The fourth-order valence-electron chi connectivity index (χ4n) is 2.96. The van der Waals surface area contributed by atoms with Crippen molar-refractivity contribution in [3.63, 3.8) is 0 Å². The smallest absolute Gasteiger partial charge is 0.239 e. The Labute approximate surface area is 118 Å². The maximum Gasteiger partial charge on any atom is 0.239 e. The quantitative estimate of drug-likeness (QED) is 0.842. The van der Waals surface area contributed by atoms with Gasteiger partial charge in [0.2, 0.25) is 5.91 Å². The number of nitrogens with zero attached hydrogens (tertiary/aromatic N) is 2. The molecule has 0 bridgehead atoms. The zero-order valence-electron chi connectivity index (χ0n) is 11.9. The highest BCUT2D eigenvalue weighted by atomic mass is 16.5. The molecule has 0 saturated carbocycles. The third kappa shape index (κ3) is 2.86. The summed E-state index contributed by atoms with van der Waals surface area (Å²) in [5.74, 6) is 0.132. The number of likely N-dealkylation sites (N-methyl/N-ethyl adjacent to an activating group) is 1. The summed E-state index contributed by atoms with van der Waals surface area (Å²) in [5.41, 5.74) is 2.09. The highest BCUT2D eigenvalue weighted by molar-refractivity contribution is 5.82. The van der Waals surface area contributed by atoms with E-state index in [1.807, 2.05) is 7.05 Å². The van der Waals surface area contributed by atoms with E-state index in [1.54, 1.807) is 11.2 Å². The Bertz CT molecular complexity index is 467. The molecule has 1 saturated heterocycles. The molecule has 110 valence electrons. The van der Waals surface area contributed by atoms with E-state index in [0.717, 1.165) is 30.8 Å². The Morgan fingerprint density at radius 2 is 2.45 bits per heavy atom. The minimum atomic E-state index is -0.167. The van der Waals surface area contributed by atoms with Gasteiger partial charge in [0.1, 0.15) is 0 Å². The predicted octanol–water partition coefficient (Wildman–Crippen LogP) is 0.451. The Balaban J connectivity index is 1.55. The number of imidazole rings is 1. The van der Waals surface area contributed by atoms with Gasteiger partial charge in [0.25, 0.3) is 0 Å². The Kier molecular flexibility index (Phi) is 4.03. The van der Waals surface area contributed by atoms with E-state index in [-0.39, 0.29) is 18.1 Å². The molecule has 0 spiro atoms. The van der Waals surface area contributed by atoms with E-state index in [9.17, 15) is 4.79 Å².